The minimum Gasteiger partial charge on any atom is -0.493 e. The number of benzene rings is 1. The second-order valence-corrected chi connectivity index (χ2v) is 5.81. The molecular weight excluding hydrogens is 338 g/mol. The van der Waals surface area contributed by atoms with E-state index < -0.39 is 0 Å². The van der Waals surface area contributed by atoms with Crippen LogP contribution in [0, 0.1) is 5.92 Å². The van der Waals surface area contributed by atoms with Gasteiger partial charge in [-0.2, -0.15) is 4.98 Å². The first-order valence-corrected chi connectivity index (χ1v) is 7.54. The fourth-order valence-electron chi connectivity index (χ4n) is 1.93. The zero-order valence-corrected chi connectivity index (χ0v) is 13.2. The number of halogens is 1. The maximum atomic E-state index is 5.84. The average molecular weight is 354 g/mol. The molecule has 1 saturated carbocycles. The van der Waals surface area contributed by atoms with Crippen LogP contribution in [0.15, 0.2) is 21.1 Å². The second kappa shape index (κ2) is 6.03. The van der Waals surface area contributed by atoms with Gasteiger partial charge in [-0.25, -0.2) is 0 Å². The summed E-state index contributed by atoms with van der Waals surface area (Å²) in [6, 6.07) is 3.72. The molecule has 1 heterocycles. The predicted octanol–water partition coefficient (Wildman–Crippen LogP) is 2.76. The van der Waals surface area contributed by atoms with Crippen molar-refractivity contribution in [1.29, 1.82) is 0 Å². The molecule has 3 rings (SSSR count). The van der Waals surface area contributed by atoms with E-state index in [0.717, 1.165) is 10.0 Å². The van der Waals surface area contributed by atoms with Crippen LogP contribution in [0.4, 0.5) is 0 Å². The minimum atomic E-state index is 0.216. The Kier molecular flexibility index (Phi) is 4.12. The van der Waals surface area contributed by atoms with Gasteiger partial charge >= 0.3 is 0 Å². The van der Waals surface area contributed by atoms with Crippen molar-refractivity contribution < 1.29 is 14.0 Å². The molecule has 0 spiro atoms. The van der Waals surface area contributed by atoms with Crippen LogP contribution in [-0.4, -0.2) is 23.9 Å². The van der Waals surface area contributed by atoms with Gasteiger partial charge in [0.2, 0.25) is 11.7 Å². The van der Waals surface area contributed by atoms with Gasteiger partial charge in [-0.1, -0.05) is 5.16 Å². The maximum absolute atomic E-state index is 5.84. The Morgan fingerprint density at radius 3 is 2.86 bits per heavy atom. The standard InChI is InChI=1S/C14H16BrN3O3/c1-19-11-5-9(14-17-12(6-16)21-18-14)4-10(15)13(11)20-7-8-2-3-8/h4-5,8H,2-3,6-7,16H2,1H3. The van der Waals surface area contributed by atoms with Gasteiger partial charge in [-0.3, -0.25) is 0 Å². The lowest BCUT2D eigenvalue weighted by Gasteiger charge is -2.13. The molecule has 0 amide bonds. The SMILES string of the molecule is COc1cc(-c2noc(CN)n2)cc(Br)c1OCC1CC1. The fraction of sp³-hybridized carbons (Fsp3) is 0.429. The van der Waals surface area contributed by atoms with Crippen molar-refractivity contribution in [1.82, 2.24) is 10.1 Å². The van der Waals surface area contributed by atoms with E-state index in [1.165, 1.54) is 12.8 Å². The predicted molar refractivity (Wildman–Crippen MR) is 80.1 cm³/mol. The summed E-state index contributed by atoms with van der Waals surface area (Å²) in [5.41, 5.74) is 6.25. The van der Waals surface area contributed by atoms with E-state index in [4.69, 9.17) is 19.7 Å². The average Bonchev–Trinajstić information content (AvgIpc) is 3.19. The van der Waals surface area contributed by atoms with Crippen molar-refractivity contribution in [2.75, 3.05) is 13.7 Å². The first-order chi connectivity index (χ1) is 10.2. The minimum absolute atomic E-state index is 0.216. The van der Waals surface area contributed by atoms with E-state index in [0.29, 0.717) is 35.7 Å². The topological polar surface area (TPSA) is 83.4 Å². The summed E-state index contributed by atoms with van der Waals surface area (Å²) in [6.07, 6.45) is 2.48. The number of ether oxygens (including phenoxy) is 2. The summed E-state index contributed by atoms with van der Waals surface area (Å²) >= 11 is 3.51. The van der Waals surface area contributed by atoms with Gasteiger partial charge in [0.25, 0.3) is 0 Å². The molecule has 7 heteroatoms. The third-order valence-electron chi connectivity index (χ3n) is 3.29. The zero-order chi connectivity index (χ0) is 14.8. The Hall–Kier alpha value is -1.60. The van der Waals surface area contributed by atoms with Gasteiger partial charge in [0, 0.05) is 5.56 Å². The van der Waals surface area contributed by atoms with E-state index in [2.05, 4.69) is 26.1 Å². The van der Waals surface area contributed by atoms with Crippen LogP contribution in [0.3, 0.4) is 0 Å². The first kappa shape index (κ1) is 14.3. The highest BCUT2D eigenvalue weighted by Crippen LogP contribution is 2.40. The van der Waals surface area contributed by atoms with Crippen LogP contribution < -0.4 is 15.2 Å². The van der Waals surface area contributed by atoms with Gasteiger partial charge in [-0.05, 0) is 46.8 Å². The van der Waals surface area contributed by atoms with Gasteiger partial charge in [-0.15, -0.1) is 0 Å². The molecule has 1 aliphatic carbocycles. The molecule has 1 aromatic heterocycles. The highest BCUT2D eigenvalue weighted by atomic mass is 79.9. The van der Waals surface area contributed by atoms with Crippen molar-refractivity contribution in [3.8, 4) is 22.9 Å². The molecule has 0 aliphatic heterocycles. The molecule has 2 N–H and O–H groups in total. The third-order valence-corrected chi connectivity index (χ3v) is 3.88. The Bertz CT molecular complexity index is 640. The van der Waals surface area contributed by atoms with Crippen molar-refractivity contribution in [3.63, 3.8) is 0 Å². The molecule has 0 bridgehead atoms. The summed E-state index contributed by atoms with van der Waals surface area (Å²) in [5.74, 6) is 2.89. The Morgan fingerprint density at radius 1 is 1.43 bits per heavy atom. The van der Waals surface area contributed by atoms with Crippen molar-refractivity contribution >= 4 is 15.9 Å². The molecule has 0 radical (unpaired) electrons. The van der Waals surface area contributed by atoms with Crippen LogP contribution in [0.25, 0.3) is 11.4 Å². The first-order valence-electron chi connectivity index (χ1n) is 6.74. The van der Waals surface area contributed by atoms with Crippen molar-refractivity contribution in [2.24, 2.45) is 11.7 Å². The number of hydrogen-bond acceptors (Lipinski definition) is 6. The monoisotopic (exact) mass is 353 g/mol. The van der Waals surface area contributed by atoms with Crippen molar-refractivity contribution in [3.05, 3.63) is 22.5 Å². The summed E-state index contributed by atoms with van der Waals surface area (Å²) in [6.45, 7) is 0.932. The Labute approximate surface area is 130 Å². The molecular formula is C14H16BrN3O3. The molecule has 1 fully saturated rings. The van der Waals surface area contributed by atoms with E-state index in [-0.39, 0.29) is 6.54 Å². The zero-order valence-electron chi connectivity index (χ0n) is 11.6. The number of rotatable bonds is 6. The van der Waals surface area contributed by atoms with Gasteiger partial charge in [0.05, 0.1) is 24.7 Å². The lowest BCUT2D eigenvalue weighted by Crippen LogP contribution is -2.02. The molecule has 6 nitrogen and oxygen atoms in total. The van der Waals surface area contributed by atoms with Gasteiger partial charge in [0.15, 0.2) is 11.5 Å². The summed E-state index contributed by atoms with van der Waals surface area (Å²) in [5, 5.41) is 3.90. The van der Waals surface area contributed by atoms with E-state index in [1.807, 2.05) is 12.1 Å². The normalized spacial score (nSPS) is 14.2. The molecule has 0 saturated heterocycles. The largest absolute Gasteiger partial charge is 0.493 e. The lowest BCUT2D eigenvalue weighted by atomic mass is 10.2. The smallest absolute Gasteiger partial charge is 0.240 e. The molecule has 1 aromatic carbocycles. The summed E-state index contributed by atoms with van der Waals surface area (Å²) in [4.78, 5) is 4.21. The van der Waals surface area contributed by atoms with Gasteiger partial charge in [0.1, 0.15) is 0 Å². The highest BCUT2D eigenvalue weighted by molar-refractivity contribution is 9.10. The second-order valence-electron chi connectivity index (χ2n) is 4.96. The number of nitrogens with zero attached hydrogens (tertiary/aromatic N) is 2. The van der Waals surface area contributed by atoms with E-state index >= 15 is 0 Å². The summed E-state index contributed by atoms with van der Waals surface area (Å²) < 4.78 is 17.1. The molecule has 0 atom stereocenters. The van der Waals surface area contributed by atoms with Gasteiger partial charge < -0.3 is 19.7 Å². The quantitative estimate of drug-likeness (QED) is 0.859. The molecule has 1 aliphatic rings. The van der Waals surface area contributed by atoms with Crippen LogP contribution in [0.2, 0.25) is 0 Å². The number of aromatic nitrogens is 2. The number of nitrogens with two attached hydrogens (primary N) is 1. The molecule has 2 aromatic rings. The van der Waals surface area contributed by atoms with Crippen LogP contribution in [0.1, 0.15) is 18.7 Å². The molecule has 112 valence electrons. The maximum Gasteiger partial charge on any atom is 0.240 e. The molecule has 0 unspecified atom stereocenters. The molecule has 21 heavy (non-hydrogen) atoms. The Morgan fingerprint density at radius 2 is 2.24 bits per heavy atom. The third kappa shape index (κ3) is 3.19. The van der Waals surface area contributed by atoms with Crippen LogP contribution in [-0.2, 0) is 6.54 Å². The van der Waals surface area contributed by atoms with E-state index in [1.54, 1.807) is 7.11 Å². The van der Waals surface area contributed by atoms with Crippen LogP contribution in [0.5, 0.6) is 11.5 Å². The Balaban J connectivity index is 1.89. The number of methoxy groups -OCH3 is 1. The lowest BCUT2D eigenvalue weighted by molar-refractivity contribution is 0.278. The fourth-order valence-corrected chi connectivity index (χ4v) is 2.49. The van der Waals surface area contributed by atoms with Crippen LogP contribution >= 0.6 is 15.9 Å². The summed E-state index contributed by atoms with van der Waals surface area (Å²) in [7, 11) is 1.61. The highest BCUT2D eigenvalue weighted by Gasteiger charge is 2.24. The van der Waals surface area contributed by atoms with E-state index in [9.17, 15) is 0 Å². The van der Waals surface area contributed by atoms with Crippen molar-refractivity contribution in [2.45, 2.75) is 19.4 Å². The number of hydrogen-bond donors (Lipinski definition) is 1.